The van der Waals surface area contributed by atoms with E-state index in [9.17, 15) is 4.79 Å². The van der Waals surface area contributed by atoms with E-state index in [0.717, 1.165) is 19.3 Å². The first-order chi connectivity index (χ1) is 15.7. The standard InChI is InChI=1S/C18H35.C12H24O2.Na/c1-3-5-7-9-11-13-15-17-18-16-14-12-10-8-6-4-2;1-2-3-4-5-6-7-8-9-10-11-12(13)14;/h17-18H,1,3-16H2,2H3;2-11H2,1H3,(H,13,14);/q-1;;+1/b18-17-;;. The van der Waals surface area contributed by atoms with Gasteiger partial charge in [-0.25, -0.2) is 0 Å². The summed E-state index contributed by atoms with van der Waals surface area (Å²) in [5.41, 5.74) is 0. The first-order valence-electron chi connectivity index (χ1n) is 14.3. The number of carboxylic acids is 1. The molecule has 0 aromatic heterocycles. The molecule has 1 N–H and O–H groups in total. The second-order valence-corrected chi connectivity index (χ2v) is 9.41. The van der Waals surface area contributed by atoms with Gasteiger partial charge in [-0.2, -0.15) is 6.42 Å². The van der Waals surface area contributed by atoms with Crippen molar-refractivity contribution >= 4 is 5.97 Å². The Kier molecular flexibility index (Phi) is 42.1. The minimum Gasteiger partial charge on any atom is -0.481 e. The molecule has 0 unspecified atom stereocenters. The van der Waals surface area contributed by atoms with Crippen molar-refractivity contribution in [1.82, 2.24) is 0 Å². The number of aliphatic carboxylic acids is 1. The summed E-state index contributed by atoms with van der Waals surface area (Å²) in [5, 5.41) is 8.41. The van der Waals surface area contributed by atoms with E-state index in [1.54, 1.807) is 0 Å². The van der Waals surface area contributed by atoms with Crippen molar-refractivity contribution in [3.05, 3.63) is 19.1 Å². The molecule has 0 amide bonds. The molecule has 0 radical (unpaired) electrons. The Hall–Kier alpha value is 0.210. The Bertz CT molecular complexity index is 350. The van der Waals surface area contributed by atoms with Crippen LogP contribution in [0.1, 0.15) is 168 Å². The van der Waals surface area contributed by atoms with Gasteiger partial charge in [0.2, 0.25) is 0 Å². The van der Waals surface area contributed by atoms with Crippen molar-refractivity contribution in [1.29, 1.82) is 0 Å². The quantitative estimate of drug-likeness (QED) is 0.0669. The number of rotatable bonds is 24. The van der Waals surface area contributed by atoms with Gasteiger partial charge in [-0.3, -0.25) is 4.79 Å². The minimum absolute atomic E-state index is 0. The zero-order valence-corrected chi connectivity index (χ0v) is 25.2. The van der Waals surface area contributed by atoms with Crippen LogP contribution in [-0.4, -0.2) is 11.1 Å². The van der Waals surface area contributed by atoms with Crippen molar-refractivity contribution in [3.63, 3.8) is 0 Å². The molecule has 0 bridgehead atoms. The van der Waals surface area contributed by atoms with Gasteiger partial charge in [0.25, 0.3) is 0 Å². The summed E-state index contributed by atoms with van der Waals surface area (Å²) < 4.78 is 0. The number of carbonyl (C=O) groups is 1. The third-order valence-electron chi connectivity index (χ3n) is 6.01. The number of allylic oxidation sites excluding steroid dienone is 2. The van der Waals surface area contributed by atoms with E-state index < -0.39 is 5.97 Å². The summed E-state index contributed by atoms with van der Waals surface area (Å²) in [4.78, 5) is 10.2. The average molecular weight is 475 g/mol. The normalized spacial score (nSPS) is 10.6. The maximum Gasteiger partial charge on any atom is 1.00 e. The number of hydrogen-bond donors (Lipinski definition) is 1. The molecule has 2 nitrogen and oxygen atoms in total. The molecule has 0 rings (SSSR count). The Balaban J connectivity index is -0.000000545. The third-order valence-corrected chi connectivity index (χ3v) is 6.01. The van der Waals surface area contributed by atoms with Crippen molar-refractivity contribution in [3.8, 4) is 0 Å². The van der Waals surface area contributed by atoms with Gasteiger partial charge in [0.1, 0.15) is 0 Å². The molecule has 192 valence electrons. The topological polar surface area (TPSA) is 37.3 Å². The van der Waals surface area contributed by atoms with E-state index in [-0.39, 0.29) is 29.6 Å². The Morgan fingerprint density at radius 1 is 0.576 bits per heavy atom. The molecule has 0 aromatic carbocycles. The van der Waals surface area contributed by atoms with Gasteiger partial charge < -0.3 is 12.0 Å². The minimum atomic E-state index is -0.659. The van der Waals surface area contributed by atoms with E-state index in [1.807, 2.05) is 0 Å². The largest absolute Gasteiger partial charge is 1.00 e. The summed E-state index contributed by atoms with van der Waals surface area (Å²) in [6, 6.07) is 0. The maximum absolute atomic E-state index is 10.2. The van der Waals surface area contributed by atoms with Crippen LogP contribution in [0.15, 0.2) is 12.2 Å². The van der Waals surface area contributed by atoms with Gasteiger partial charge in [-0.1, -0.05) is 135 Å². The number of unbranched alkanes of at least 4 members (excludes halogenated alkanes) is 20. The molecule has 0 aliphatic heterocycles. The summed E-state index contributed by atoms with van der Waals surface area (Å²) in [6.45, 7) is 8.38. The second kappa shape index (κ2) is 36.8. The summed E-state index contributed by atoms with van der Waals surface area (Å²) >= 11 is 0. The second-order valence-electron chi connectivity index (χ2n) is 9.41. The van der Waals surface area contributed by atoms with Crippen molar-refractivity contribution in [2.24, 2.45) is 0 Å². The first-order valence-corrected chi connectivity index (χ1v) is 14.3. The number of hydrogen-bond acceptors (Lipinski definition) is 1. The molecule has 0 heterocycles. The molecule has 0 aromatic rings. The fourth-order valence-corrected chi connectivity index (χ4v) is 3.83. The zero-order chi connectivity index (χ0) is 24.0. The van der Waals surface area contributed by atoms with E-state index in [1.165, 1.54) is 128 Å². The molecule has 0 aliphatic carbocycles. The van der Waals surface area contributed by atoms with Crippen LogP contribution in [-0.2, 0) is 4.79 Å². The summed E-state index contributed by atoms with van der Waals surface area (Å²) in [7, 11) is 0. The Morgan fingerprint density at radius 2 is 0.909 bits per heavy atom. The van der Waals surface area contributed by atoms with Crippen molar-refractivity contribution < 1.29 is 39.5 Å². The van der Waals surface area contributed by atoms with Crippen molar-refractivity contribution in [2.45, 2.75) is 168 Å². The van der Waals surface area contributed by atoms with Gasteiger partial charge in [0.05, 0.1) is 0 Å². The van der Waals surface area contributed by atoms with Gasteiger partial charge in [-0.15, -0.1) is 0 Å². The Labute approximate surface area is 231 Å². The van der Waals surface area contributed by atoms with E-state index in [2.05, 4.69) is 32.9 Å². The van der Waals surface area contributed by atoms with Crippen LogP contribution >= 0.6 is 0 Å². The van der Waals surface area contributed by atoms with Crippen LogP contribution < -0.4 is 29.6 Å². The predicted octanol–water partition coefficient (Wildman–Crippen LogP) is 7.85. The molecule has 0 aliphatic rings. The van der Waals surface area contributed by atoms with Crippen LogP contribution in [0.5, 0.6) is 0 Å². The predicted molar refractivity (Wildman–Crippen MR) is 144 cm³/mol. The Morgan fingerprint density at radius 3 is 1.27 bits per heavy atom. The van der Waals surface area contributed by atoms with Gasteiger partial charge in [0.15, 0.2) is 0 Å². The fraction of sp³-hybridized carbons (Fsp3) is 0.867. The summed E-state index contributed by atoms with van der Waals surface area (Å²) in [5.74, 6) is -0.659. The molecular weight excluding hydrogens is 415 g/mol. The average Bonchev–Trinajstić information content (AvgIpc) is 2.78. The van der Waals surface area contributed by atoms with Crippen molar-refractivity contribution in [2.75, 3.05) is 0 Å². The maximum atomic E-state index is 10.2. The van der Waals surface area contributed by atoms with Crippen LogP contribution in [0.4, 0.5) is 0 Å². The molecule has 0 saturated heterocycles. The molecule has 0 spiro atoms. The van der Waals surface area contributed by atoms with Crippen LogP contribution in [0.3, 0.4) is 0 Å². The van der Waals surface area contributed by atoms with Gasteiger partial charge in [0, 0.05) is 6.42 Å². The van der Waals surface area contributed by atoms with Gasteiger partial charge >= 0.3 is 35.5 Å². The monoisotopic (exact) mass is 474 g/mol. The summed E-state index contributed by atoms with van der Waals surface area (Å²) in [6.07, 6.45) is 35.3. The fourth-order valence-electron chi connectivity index (χ4n) is 3.83. The molecule has 0 fully saturated rings. The third kappa shape index (κ3) is 42.8. The SMILES string of the molecule is CCCCCCCCCCCC(=O)O.[CH2-]CCCCCCC/C=C\CCCCCCCC.[Na+]. The van der Waals surface area contributed by atoms with Crippen LogP contribution in [0.25, 0.3) is 0 Å². The number of carboxylic acid groups (broad SMARTS) is 1. The zero-order valence-electron chi connectivity index (χ0n) is 23.2. The van der Waals surface area contributed by atoms with E-state index in [4.69, 9.17) is 5.11 Å². The van der Waals surface area contributed by atoms with Gasteiger partial charge in [-0.05, 0) is 32.1 Å². The van der Waals surface area contributed by atoms with Crippen LogP contribution in [0, 0.1) is 6.92 Å². The smallest absolute Gasteiger partial charge is 0.481 e. The molecule has 3 heteroatoms. The van der Waals surface area contributed by atoms with E-state index >= 15 is 0 Å². The van der Waals surface area contributed by atoms with Crippen LogP contribution in [0.2, 0.25) is 0 Å². The molecule has 0 atom stereocenters. The molecular formula is C30H59NaO2. The molecule has 0 saturated carbocycles. The van der Waals surface area contributed by atoms with E-state index in [0.29, 0.717) is 6.42 Å². The molecule has 33 heavy (non-hydrogen) atoms. The first kappa shape index (κ1) is 37.8.